The highest BCUT2D eigenvalue weighted by Gasteiger charge is 2.25. The first-order valence-corrected chi connectivity index (χ1v) is 9.73. The highest BCUT2D eigenvalue weighted by Crippen LogP contribution is 2.32. The summed E-state index contributed by atoms with van der Waals surface area (Å²) in [6, 6.07) is 0.231. The molecule has 0 bridgehead atoms. The quantitative estimate of drug-likeness (QED) is 0.133. The van der Waals surface area contributed by atoms with E-state index < -0.39 is 63.6 Å². The molecule has 0 aromatic heterocycles. The zero-order valence-electron chi connectivity index (χ0n) is 16.7. The number of aliphatic carboxylic acids is 2. The third kappa shape index (κ3) is 10.1. The molecule has 182 valence electrons. The number of carboxylic acid groups (broad SMARTS) is 2. The van der Waals surface area contributed by atoms with Gasteiger partial charge in [-0.25, -0.2) is 0 Å². The van der Waals surface area contributed by atoms with Gasteiger partial charge in [0, 0.05) is 18.2 Å². The van der Waals surface area contributed by atoms with E-state index in [1.165, 1.54) is 0 Å². The average molecular weight is 510 g/mol. The number of benzene rings is 1. The van der Waals surface area contributed by atoms with Gasteiger partial charge in [0.1, 0.15) is 18.6 Å². The molecular weight excluding hydrogens is 490 g/mol. The van der Waals surface area contributed by atoms with E-state index in [2.05, 4.69) is 10.6 Å². The molecule has 0 aliphatic heterocycles. The van der Waals surface area contributed by atoms with Crippen LogP contribution in [-0.4, -0.2) is 68.2 Å². The van der Waals surface area contributed by atoms with Crippen molar-refractivity contribution in [3.05, 3.63) is 38.4 Å². The summed E-state index contributed by atoms with van der Waals surface area (Å²) in [4.78, 5) is 66.1. The van der Waals surface area contributed by atoms with Crippen molar-refractivity contribution in [3.8, 4) is 0 Å². The molecule has 2 atom stereocenters. The van der Waals surface area contributed by atoms with Crippen molar-refractivity contribution in [1.29, 1.82) is 0 Å². The topological polar surface area (TPSA) is 245 Å². The summed E-state index contributed by atoms with van der Waals surface area (Å²) in [5.41, 5.74) is 4.21. The monoisotopic (exact) mass is 509 g/mol. The molecule has 1 rings (SSSR count). The van der Waals surface area contributed by atoms with Crippen molar-refractivity contribution >= 4 is 59.3 Å². The normalized spacial score (nSPS) is 11.9. The lowest BCUT2D eigenvalue weighted by molar-refractivity contribution is -0.396. The minimum absolute atomic E-state index is 0. The molecule has 0 saturated carbocycles. The third-order valence-electron chi connectivity index (χ3n) is 3.82. The highest BCUT2D eigenvalue weighted by atomic mass is 35.5. The summed E-state index contributed by atoms with van der Waals surface area (Å²) in [5, 5.41) is 43.8. The number of carbonyl (C=O) groups is 4. The summed E-state index contributed by atoms with van der Waals surface area (Å²) >= 11 is 0.732. The van der Waals surface area contributed by atoms with Gasteiger partial charge < -0.3 is 26.6 Å². The Morgan fingerprint density at radius 1 is 1.12 bits per heavy atom. The summed E-state index contributed by atoms with van der Waals surface area (Å²) in [6.45, 7) is -0.753. The van der Waals surface area contributed by atoms with Crippen molar-refractivity contribution in [3.63, 3.8) is 0 Å². The molecule has 15 nitrogen and oxygen atoms in total. The molecule has 0 aliphatic rings. The predicted octanol–water partition coefficient (Wildman–Crippen LogP) is -0.105. The molecule has 33 heavy (non-hydrogen) atoms. The SMILES string of the molecule is Cl.N[C@@H](CCC(=O)N[C@H](CSc1ccc([N+](=O)[O-])cc1[N+](=O)[O-])C(=O)NCC(=O)O)C(=O)O. The number of hydrogen-bond acceptors (Lipinski definition) is 10. The lowest BCUT2D eigenvalue weighted by Gasteiger charge is -2.18. The van der Waals surface area contributed by atoms with Crippen LogP contribution in [0.2, 0.25) is 0 Å². The number of halogens is 1. The van der Waals surface area contributed by atoms with Crippen LogP contribution in [0, 0.1) is 20.2 Å². The first-order chi connectivity index (χ1) is 14.9. The van der Waals surface area contributed by atoms with Gasteiger partial charge in [0.2, 0.25) is 11.8 Å². The molecule has 0 spiro atoms. The number of nitrogens with one attached hydrogen (secondary N) is 2. The van der Waals surface area contributed by atoms with Crippen molar-refractivity contribution in [2.45, 2.75) is 29.8 Å². The molecule has 0 saturated heterocycles. The molecule has 0 aliphatic carbocycles. The van der Waals surface area contributed by atoms with Gasteiger partial charge in [-0.3, -0.25) is 39.4 Å². The van der Waals surface area contributed by atoms with Gasteiger partial charge in [-0.1, -0.05) is 0 Å². The van der Waals surface area contributed by atoms with Crippen LogP contribution in [0.4, 0.5) is 11.4 Å². The Bertz CT molecular complexity index is 931. The van der Waals surface area contributed by atoms with Crippen molar-refractivity contribution in [1.82, 2.24) is 10.6 Å². The van der Waals surface area contributed by atoms with E-state index in [0.29, 0.717) is 0 Å². The van der Waals surface area contributed by atoms with Crippen molar-refractivity contribution < 1.29 is 39.2 Å². The fourth-order valence-electron chi connectivity index (χ4n) is 2.20. The fraction of sp³-hybridized carbons (Fsp3) is 0.375. The van der Waals surface area contributed by atoms with E-state index >= 15 is 0 Å². The lowest BCUT2D eigenvalue weighted by Crippen LogP contribution is -2.49. The number of carbonyl (C=O) groups excluding carboxylic acids is 2. The number of nitro groups is 2. The fourth-order valence-corrected chi connectivity index (χ4v) is 3.23. The van der Waals surface area contributed by atoms with E-state index in [0.717, 1.165) is 30.0 Å². The molecule has 1 aromatic carbocycles. The molecule has 17 heteroatoms. The number of non-ortho nitro benzene ring substituents is 1. The van der Waals surface area contributed by atoms with Crippen LogP contribution < -0.4 is 16.4 Å². The standard InChI is InChI=1S/C16H19N5O10S.ClH/c17-9(16(26)27)2-4-13(22)19-10(15(25)18-6-14(23)24)7-32-12-3-1-8(20(28)29)5-11(12)21(30)31;/h1,3,5,9-10H,2,4,6-7,17H2,(H,18,25)(H,19,22)(H,23,24)(H,26,27);1H/t9-,10+;/m0./s1. The zero-order chi connectivity index (χ0) is 24.4. The molecule has 0 radical (unpaired) electrons. The summed E-state index contributed by atoms with van der Waals surface area (Å²) in [7, 11) is 0. The molecule has 0 unspecified atom stereocenters. The highest BCUT2D eigenvalue weighted by molar-refractivity contribution is 7.99. The maximum Gasteiger partial charge on any atom is 0.322 e. The van der Waals surface area contributed by atoms with E-state index in [-0.39, 0.29) is 35.9 Å². The molecular formula is C16H20ClN5O10S. The predicted molar refractivity (Wildman–Crippen MR) is 115 cm³/mol. The Kier molecular flexibility index (Phi) is 12.3. The number of hydrogen-bond donors (Lipinski definition) is 5. The van der Waals surface area contributed by atoms with Gasteiger partial charge in [-0.05, 0) is 12.5 Å². The third-order valence-corrected chi connectivity index (χ3v) is 4.98. The van der Waals surface area contributed by atoms with Crippen LogP contribution in [0.15, 0.2) is 23.1 Å². The smallest absolute Gasteiger partial charge is 0.322 e. The molecule has 0 fully saturated rings. The second-order valence-corrected chi connectivity index (χ2v) is 7.25. The van der Waals surface area contributed by atoms with E-state index in [1.54, 1.807) is 0 Å². The number of nitrogens with zero attached hydrogens (tertiary/aromatic N) is 2. The Morgan fingerprint density at radius 3 is 2.27 bits per heavy atom. The summed E-state index contributed by atoms with van der Waals surface area (Å²) < 4.78 is 0. The maximum absolute atomic E-state index is 12.3. The number of nitro benzene ring substituents is 2. The Hall–Kier alpha value is -3.50. The first kappa shape index (κ1) is 29.5. The molecule has 2 amide bonds. The molecule has 6 N–H and O–H groups in total. The molecule has 0 heterocycles. The van der Waals surface area contributed by atoms with Gasteiger partial charge in [-0.2, -0.15) is 0 Å². The zero-order valence-corrected chi connectivity index (χ0v) is 18.3. The minimum atomic E-state index is -1.35. The average Bonchev–Trinajstić information content (AvgIpc) is 2.72. The second kappa shape index (κ2) is 13.8. The van der Waals surface area contributed by atoms with Crippen molar-refractivity contribution in [2.24, 2.45) is 5.73 Å². The largest absolute Gasteiger partial charge is 0.480 e. The van der Waals surface area contributed by atoms with Crippen LogP contribution in [-0.2, 0) is 19.2 Å². The van der Waals surface area contributed by atoms with Gasteiger partial charge in [0.15, 0.2) is 0 Å². The Morgan fingerprint density at radius 2 is 1.76 bits per heavy atom. The van der Waals surface area contributed by atoms with Crippen LogP contribution in [0.1, 0.15) is 12.8 Å². The molecule has 1 aromatic rings. The van der Waals surface area contributed by atoms with Gasteiger partial charge in [0.25, 0.3) is 11.4 Å². The number of rotatable bonds is 13. The summed E-state index contributed by atoms with van der Waals surface area (Å²) in [6.07, 6.45) is -0.579. The van der Waals surface area contributed by atoms with Gasteiger partial charge in [-0.15, -0.1) is 24.2 Å². The number of amides is 2. The van der Waals surface area contributed by atoms with Crippen LogP contribution in [0.3, 0.4) is 0 Å². The first-order valence-electron chi connectivity index (χ1n) is 8.75. The minimum Gasteiger partial charge on any atom is -0.480 e. The van der Waals surface area contributed by atoms with Crippen LogP contribution >= 0.6 is 24.2 Å². The van der Waals surface area contributed by atoms with Crippen LogP contribution in [0.5, 0.6) is 0 Å². The Labute approximate surface area is 195 Å². The van der Waals surface area contributed by atoms with Crippen LogP contribution in [0.25, 0.3) is 0 Å². The second-order valence-electron chi connectivity index (χ2n) is 6.19. The lowest BCUT2D eigenvalue weighted by atomic mass is 10.1. The van der Waals surface area contributed by atoms with E-state index in [4.69, 9.17) is 15.9 Å². The van der Waals surface area contributed by atoms with Gasteiger partial charge in [0.05, 0.1) is 20.8 Å². The Balaban J connectivity index is 0.0000102. The number of thioether (sulfide) groups is 1. The van der Waals surface area contributed by atoms with E-state index in [1.807, 2.05) is 0 Å². The van der Waals surface area contributed by atoms with Crippen molar-refractivity contribution in [2.75, 3.05) is 12.3 Å². The number of carboxylic acids is 2. The number of nitrogens with two attached hydrogens (primary N) is 1. The van der Waals surface area contributed by atoms with Gasteiger partial charge >= 0.3 is 11.9 Å². The van der Waals surface area contributed by atoms with E-state index in [9.17, 15) is 39.4 Å². The maximum atomic E-state index is 12.3. The summed E-state index contributed by atoms with van der Waals surface area (Å²) in [5.74, 6) is -4.62.